The molecule has 0 unspecified atom stereocenters. The van der Waals surface area contributed by atoms with Gasteiger partial charge in [-0.05, 0) is 0 Å². The SMILES string of the molecule is N.O.S.[PbH2].[Zn]. The van der Waals surface area contributed by atoms with Gasteiger partial charge in [-0.2, -0.15) is 13.5 Å². The van der Waals surface area contributed by atoms with Crippen molar-refractivity contribution in [1.29, 1.82) is 0 Å². The molecule has 32 valence electrons. The quantitative estimate of drug-likeness (QED) is 0.536. The third kappa shape index (κ3) is 25.7. The summed E-state index contributed by atoms with van der Waals surface area (Å²) in [6.45, 7) is 0. The van der Waals surface area contributed by atoms with Gasteiger partial charge in [-0.25, -0.2) is 0 Å². The van der Waals surface area contributed by atoms with Crippen LogP contribution in [0.2, 0.25) is 0 Å². The molecule has 5 heavy (non-hydrogen) atoms. The van der Waals surface area contributed by atoms with Crippen LogP contribution in [0.4, 0.5) is 0 Å². The Morgan fingerprint density at radius 2 is 1.00 bits per heavy atom. The summed E-state index contributed by atoms with van der Waals surface area (Å²) in [6.07, 6.45) is 0. The van der Waals surface area contributed by atoms with E-state index in [1.807, 2.05) is 0 Å². The molecule has 0 spiro atoms. The van der Waals surface area contributed by atoms with E-state index in [0.29, 0.717) is 0 Å². The van der Waals surface area contributed by atoms with Crippen molar-refractivity contribution in [1.82, 2.24) is 6.15 Å². The second-order valence-electron chi connectivity index (χ2n) is 0. The van der Waals surface area contributed by atoms with Crippen LogP contribution in [0.5, 0.6) is 0 Å². The Balaban J connectivity index is 0. The third-order valence-electron chi connectivity index (χ3n) is 0. The van der Waals surface area contributed by atoms with Crippen molar-refractivity contribution < 1.29 is 25.0 Å². The molecule has 0 atom stereocenters. The van der Waals surface area contributed by atoms with E-state index in [0.717, 1.165) is 0 Å². The van der Waals surface area contributed by atoms with E-state index in [-0.39, 0.29) is 71.9 Å². The Morgan fingerprint density at radius 3 is 1.00 bits per heavy atom. The molecule has 0 rings (SSSR count). The second-order valence-corrected chi connectivity index (χ2v) is 0. The molecular formula is H9NOPbSZn. The van der Waals surface area contributed by atoms with Crippen LogP contribution in [-0.4, -0.2) is 32.8 Å². The molecule has 2 nitrogen and oxygen atoms in total. The van der Waals surface area contributed by atoms with Crippen LogP contribution in [0.15, 0.2) is 0 Å². The topological polar surface area (TPSA) is 66.5 Å². The molecule has 0 saturated carbocycles. The number of hydrogen-bond donors (Lipinski definition) is 1. The van der Waals surface area contributed by atoms with E-state index in [1.165, 1.54) is 0 Å². The summed E-state index contributed by atoms with van der Waals surface area (Å²) in [5, 5.41) is 0. The first-order valence-electron chi connectivity index (χ1n) is 0. The molecule has 0 aromatic rings. The minimum absolute atomic E-state index is 0. The smallest absolute Gasteiger partial charge is 0 e. The summed E-state index contributed by atoms with van der Waals surface area (Å²) in [6, 6.07) is 0. The molecule has 0 saturated heterocycles. The fourth-order valence-electron chi connectivity index (χ4n) is 0. The Bertz CT molecular complexity index is 11.6. The Morgan fingerprint density at radius 1 is 1.00 bits per heavy atom. The van der Waals surface area contributed by atoms with E-state index in [9.17, 15) is 0 Å². The van der Waals surface area contributed by atoms with Crippen molar-refractivity contribution in [2.24, 2.45) is 0 Å². The molecule has 5 N–H and O–H groups in total. The van der Waals surface area contributed by atoms with Crippen molar-refractivity contribution in [3.8, 4) is 0 Å². The van der Waals surface area contributed by atoms with Crippen LogP contribution < -0.4 is 6.15 Å². The Hall–Kier alpha value is 1.82. The molecule has 0 aliphatic rings. The normalized spacial score (nSPS) is 0. The van der Waals surface area contributed by atoms with Crippen LogP contribution >= 0.6 is 13.5 Å². The summed E-state index contributed by atoms with van der Waals surface area (Å²) in [4.78, 5) is 0. The molecule has 2 radical (unpaired) electrons. The summed E-state index contributed by atoms with van der Waals surface area (Å²) in [5.74, 6) is 0. The predicted molar refractivity (Wildman–Crippen MR) is 27.6 cm³/mol. The standard InChI is InChI=1S/H3N.H2O.Pb.H2S.Zn.2H/h1H3;1H2;;1H2;;;. The largest absolute Gasteiger partial charge is 0 e. The molecule has 5 heteroatoms. The molecular weight excluding hydrogens is 335 g/mol. The zero-order valence-corrected chi connectivity index (χ0v) is 12.6. The van der Waals surface area contributed by atoms with Crippen LogP contribution in [0.3, 0.4) is 0 Å². The monoisotopic (exact) mass is 343 g/mol. The maximum atomic E-state index is 0. The van der Waals surface area contributed by atoms with Crippen molar-refractivity contribution in [3.05, 3.63) is 0 Å². The minimum atomic E-state index is 0. The molecule has 0 heterocycles. The molecule has 0 bridgehead atoms. The average Bonchev–Trinajstić information content (AvgIpc) is 0. The minimum Gasteiger partial charge on any atom is 0 e. The molecule has 0 amide bonds. The summed E-state index contributed by atoms with van der Waals surface area (Å²) in [5.41, 5.74) is 0. The van der Waals surface area contributed by atoms with Crippen LogP contribution in [0, 0.1) is 0 Å². The van der Waals surface area contributed by atoms with Gasteiger partial charge in [-0.15, -0.1) is 0 Å². The number of rotatable bonds is 0. The van der Waals surface area contributed by atoms with Gasteiger partial charge in [0, 0.05) is 19.5 Å². The first-order valence-corrected chi connectivity index (χ1v) is 0. The van der Waals surface area contributed by atoms with Crippen LogP contribution in [0.1, 0.15) is 0 Å². The van der Waals surface area contributed by atoms with E-state index >= 15 is 0 Å². The Labute approximate surface area is 71.3 Å². The predicted octanol–water partition coefficient (Wildman–Crippen LogP) is -1.47. The van der Waals surface area contributed by atoms with Crippen LogP contribution in [-0.2, 0) is 19.5 Å². The van der Waals surface area contributed by atoms with Gasteiger partial charge in [-0.1, -0.05) is 0 Å². The van der Waals surface area contributed by atoms with E-state index < -0.39 is 0 Å². The summed E-state index contributed by atoms with van der Waals surface area (Å²) < 4.78 is 0. The third-order valence-corrected chi connectivity index (χ3v) is 0. The maximum absolute atomic E-state index is 0. The summed E-state index contributed by atoms with van der Waals surface area (Å²) >= 11 is 0. The molecule has 0 fully saturated rings. The van der Waals surface area contributed by atoms with Crippen molar-refractivity contribution in [3.63, 3.8) is 0 Å². The number of hydrogen-bond acceptors (Lipinski definition) is 1. The van der Waals surface area contributed by atoms with Gasteiger partial charge < -0.3 is 11.6 Å². The van der Waals surface area contributed by atoms with Crippen molar-refractivity contribution in [2.45, 2.75) is 0 Å². The second kappa shape index (κ2) is 40.9. The first kappa shape index (κ1) is 69.9. The maximum Gasteiger partial charge on any atom is 0 e. The zero-order valence-electron chi connectivity index (χ0n) is 3.12. The average molecular weight is 344 g/mol. The van der Waals surface area contributed by atoms with Gasteiger partial charge in [0.05, 0.1) is 0 Å². The first-order chi connectivity index (χ1) is 0. The van der Waals surface area contributed by atoms with Gasteiger partial charge in [0.1, 0.15) is 0 Å². The Kier molecular flexibility index (Phi) is 572. The van der Waals surface area contributed by atoms with E-state index in [1.54, 1.807) is 0 Å². The van der Waals surface area contributed by atoms with E-state index in [4.69, 9.17) is 0 Å². The molecule has 0 aliphatic carbocycles. The van der Waals surface area contributed by atoms with Crippen LogP contribution in [0.25, 0.3) is 0 Å². The fourth-order valence-corrected chi connectivity index (χ4v) is 0. The summed E-state index contributed by atoms with van der Waals surface area (Å²) in [7, 11) is 0. The van der Waals surface area contributed by atoms with Gasteiger partial charge in [0.25, 0.3) is 0 Å². The van der Waals surface area contributed by atoms with E-state index in [2.05, 4.69) is 0 Å². The van der Waals surface area contributed by atoms with Gasteiger partial charge in [0.2, 0.25) is 0 Å². The molecule has 0 aromatic heterocycles. The van der Waals surface area contributed by atoms with Gasteiger partial charge in [-0.3, -0.25) is 0 Å². The van der Waals surface area contributed by atoms with Crippen molar-refractivity contribution in [2.75, 3.05) is 0 Å². The fraction of sp³-hybridized carbons (Fsp3) is 0. The zero-order chi connectivity index (χ0) is 0. The molecule has 0 aliphatic heterocycles. The van der Waals surface area contributed by atoms with Gasteiger partial charge >= 0.3 is 27.3 Å². The van der Waals surface area contributed by atoms with Crippen molar-refractivity contribution >= 4 is 40.8 Å². The van der Waals surface area contributed by atoms with Gasteiger partial charge in [0.15, 0.2) is 0 Å². The molecule has 0 aromatic carbocycles.